The monoisotopic (exact) mass is 577 g/mol. The Hall–Kier alpha value is -3.70. The summed E-state index contributed by atoms with van der Waals surface area (Å²) in [6, 6.07) is 7.46. The molecule has 1 atom stereocenters. The van der Waals surface area contributed by atoms with Crippen LogP contribution in [0.5, 0.6) is 5.75 Å². The second kappa shape index (κ2) is 12.4. The van der Waals surface area contributed by atoms with Gasteiger partial charge < -0.3 is 29.0 Å². The fourth-order valence-corrected chi connectivity index (χ4v) is 4.47. The molecule has 1 unspecified atom stereocenters. The number of halogens is 2. The Kier molecular flexibility index (Phi) is 9.03. The molecule has 0 bridgehead atoms. The number of piperazine rings is 1. The fourth-order valence-electron chi connectivity index (χ4n) is 4.01. The first-order chi connectivity index (χ1) is 18.7. The highest BCUT2D eigenvalue weighted by Crippen LogP contribution is 2.28. The van der Waals surface area contributed by atoms with Crippen molar-refractivity contribution in [2.75, 3.05) is 38.1 Å². The molecule has 1 fully saturated rings. The lowest BCUT2D eigenvalue weighted by molar-refractivity contribution is -0.136. The van der Waals surface area contributed by atoms with Gasteiger partial charge in [-0.2, -0.15) is 5.10 Å². The lowest BCUT2D eigenvalue weighted by Crippen LogP contribution is -2.52. The number of hydrogen-bond acceptors (Lipinski definition) is 7. The Bertz CT molecular complexity index is 1350. The molecule has 4 rings (SSSR count). The SMILES string of the molecule is CCOC(=O)N1CCN(C(=O)C(C)n2cc(NC(=O)c3ccc(COc4ccc(Cl)cc4Cl)o3)c(C)n2)CC1. The van der Waals surface area contributed by atoms with E-state index < -0.39 is 11.9 Å². The Morgan fingerprint density at radius 2 is 1.82 bits per heavy atom. The maximum absolute atomic E-state index is 13.1. The number of amides is 3. The highest BCUT2D eigenvalue weighted by molar-refractivity contribution is 6.35. The molecule has 0 saturated carbocycles. The molecule has 3 heterocycles. The van der Waals surface area contributed by atoms with Gasteiger partial charge in [-0.15, -0.1) is 0 Å². The summed E-state index contributed by atoms with van der Waals surface area (Å²) in [7, 11) is 0. The number of hydrogen-bond donors (Lipinski definition) is 1. The Balaban J connectivity index is 1.32. The van der Waals surface area contributed by atoms with Crippen molar-refractivity contribution in [3.8, 4) is 5.75 Å². The third-order valence-electron chi connectivity index (χ3n) is 6.19. The summed E-state index contributed by atoms with van der Waals surface area (Å²) in [5.41, 5.74) is 0.997. The van der Waals surface area contributed by atoms with Gasteiger partial charge in [0.1, 0.15) is 24.2 Å². The molecule has 1 saturated heterocycles. The fraction of sp³-hybridized carbons (Fsp3) is 0.385. The van der Waals surface area contributed by atoms with Crippen molar-refractivity contribution in [1.82, 2.24) is 19.6 Å². The maximum Gasteiger partial charge on any atom is 0.409 e. The Labute approximate surface area is 235 Å². The summed E-state index contributed by atoms with van der Waals surface area (Å²) < 4.78 is 17.8. The molecule has 3 aromatic rings. The minimum Gasteiger partial charge on any atom is -0.484 e. The number of rotatable bonds is 8. The number of nitrogens with one attached hydrogen (secondary N) is 1. The minimum atomic E-state index is -0.601. The van der Waals surface area contributed by atoms with E-state index in [4.69, 9.17) is 37.1 Å². The van der Waals surface area contributed by atoms with E-state index >= 15 is 0 Å². The van der Waals surface area contributed by atoms with E-state index in [2.05, 4.69) is 10.4 Å². The zero-order valence-electron chi connectivity index (χ0n) is 21.8. The summed E-state index contributed by atoms with van der Waals surface area (Å²) in [6.45, 7) is 7.22. The number of carbonyl (C=O) groups is 3. The van der Waals surface area contributed by atoms with Crippen LogP contribution in [0.25, 0.3) is 0 Å². The molecule has 13 heteroatoms. The van der Waals surface area contributed by atoms with Crippen molar-refractivity contribution in [3.05, 3.63) is 63.8 Å². The number of anilines is 1. The van der Waals surface area contributed by atoms with Crippen molar-refractivity contribution < 1.29 is 28.3 Å². The van der Waals surface area contributed by atoms with E-state index in [1.54, 1.807) is 67.1 Å². The molecule has 0 radical (unpaired) electrons. The molecule has 3 amide bonds. The molecule has 11 nitrogen and oxygen atoms in total. The van der Waals surface area contributed by atoms with Gasteiger partial charge in [-0.05, 0) is 51.1 Å². The third kappa shape index (κ3) is 6.85. The zero-order valence-corrected chi connectivity index (χ0v) is 23.3. The molecular weight excluding hydrogens is 549 g/mol. The van der Waals surface area contributed by atoms with Gasteiger partial charge in [0.2, 0.25) is 5.91 Å². The largest absolute Gasteiger partial charge is 0.484 e. The van der Waals surface area contributed by atoms with E-state index in [9.17, 15) is 14.4 Å². The van der Waals surface area contributed by atoms with Crippen LogP contribution in [0.15, 0.2) is 40.9 Å². The minimum absolute atomic E-state index is 0.0687. The molecule has 1 aliphatic rings. The average Bonchev–Trinajstić information content (AvgIpc) is 3.54. The van der Waals surface area contributed by atoms with Gasteiger partial charge in [0.05, 0.1) is 23.0 Å². The second-order valence-electron chi connectivity index (χ2n) is 8.88. The number of nitrogens with zero attached hydrogens (tertiary/aromatic N) is 4. The second-order valence-corrected chi connectivity index (χ2v) is 9.72. The number of ether oxygens (including phenoxy) is 2. The molecule has 1 aliphatic heterocycles. The topological polar surface area (TPSA) is 119 Å². The summed E-state index contributed by atoms with van der Waals surface area (Å²) in [5.74, 6) is 0.362. The third-order valence-corrected chi connectivity index (χ3v) is 6.72. The smallest absolute Gasteiger partial charge is 0.409 e. The van der Waals surface area contributed by atoms with Crippen LogP contribution < -0.4 is 10.1 Å². The lowest BCUT2D eigenvalue weighted by Gasteiger charge is -2.35. The van der Waals surface area contributed by atoms with Crippen LogP contribution in [0.4, 0.5) is 10.5 Å². The summed E-state index contributed by atoms with van der Waals surface area (Å²) in [5, 5.41) is 8.06. The molecule has 1 N–H and O–H groups in total. The maximum atomic E-state index is 13.1. The van der Waals surface area contributed by atoms with E-state index in [0.717, 1.165) is 0 Å². The van der Waals surface area contributed by atoms with Crippen LogP contribution in [-0.4, -0.2) is 70.3 Å². The standard InChI is InChI=1S/C26H29Cl2N5O6/c1-4-37-26(36)32-11-9-31(10-12-32)25(35)17(3)33-14-21(16(2)30-33)29-24(34)23-8-6-19(39-23)15-38-22-7-5-18(27)13-20(22)28/h5-8,13-14,17H,4,9-12,15H2,1-3H3,(H,29,34). The molecule has 208 valence electrons. The molecule has 2 aromatic heterocycles. The van der Waals surface area contributed by atoms with Crippen molar-refractivity contribution in [2.24, 2.45) is 0 Å². The van der Waals surface area contributed by atoms with Gasteiger partial charge in [0.15, 0.2) is 5.76 Å². The molecule has 0 spiro atoms. The summed E-state index contributed by atoms with van der Waals surface area (Å²) in [4.78, 5) is 41.1. The molecular formula is C26H29Cl2N5O6. The Morgan fingerprint density at radius 1 is 1.10 bits per heavy atom. The van der Waals surface area contributed by atoms with Gasteiger partial charge in [0, 0.05) is 37.4 Å². The van der Waals surface area contributed by atoms with Crippen LogP contribution in [0.2, 0.25) is 10.0 Å². The zero-order chi connectivity index (χ0) is 28.1. The highest BCUT2D eigenvalue weighted by Gasteiger charge is 2.29. The number of carbonyl (C=O) groups excluding carboxylic acids is 3. The number of benzene rings is 1. The first-order valence-electron chi connectivity index (χ1n) is 12.4. The van der Waals surface area contributed by atoms with E-state index in [-0.39, 0.29) is 24.4 Å². The Morgan fingerprint density at radius 3 is 2.51 bits per heavy atom. The van der Waals surface area contributed by atoms with Gasteiger partial charge >= 0.3 is 6.09 Å². The number of furan rings is 1. The van der Waals surface area contributed by atoms with Crippen LogP contribution in [-0.2, 0) is 16.1 Å². The predicted molar refractivity (Wildman–Crippen MR) is 144 cm³/mol. The molecule has 0 aliphatic carbocycles. The van der Waals surface area contributed by atoms with Gasteiger partial charge in [-0.1, -0.05) is 23.2 Å². The van der Waals surface area contributed by atoms with Gasteiger partial charge in [-0.25, -0.2) is 4.79 Å². The van der Waals surface area contributed by atoms with Crippen LogP contribution in [0, 0.1) is 6.92 Å². The van der Waals surface area contributed by atoms with Crippen LogP contribution in [0.1, 0.15) is 41.9 Å². The first-order valence-corrected chi connectivity index (χ1v) is 13.2. The van der Waals surface area contributed by atoms with E-state index in [1.165, 1.54) is 4.68 Å². The highest BCUT2D eigenvalue weighted by atomic mass is 35.5. The normalized spacial score (nSPS) is 14.2. The van der Waals surface area contributed by atoms with E-state index in [1.807, 2.05) is 0 Å². The van der Waals surface area contributed by atoms with E-state index in [0.29, 0.717) is 65.7 Å². The number of aromatic nitrogens is 2. The molecule has 39 heavy (non-hydrogen) atoms. The van der Waals surface area contributed by atoms with Crippen molar-refractivity contribution in [2.45, 2.75) is 33.4 Å². The lowest BCUT2D eigenvalue weighted by atomic mass is 10.2. The molecule has 1 aromatic carbocycles. The van der Waals surface area contributed by atoms with Crippen molar-refractivity contribution in [3.63, 3.8) is 0 Å². The van der Waals surface area contributed by atoms with Gasteiger partial charge in [0.25, 0.3) is 5.91 Å². The summed E-state index contributed by atoms with van der Waals surface area (Å²) in [6.07, 6.45) is 1.24. The number of aryl methyl sites for hydroxylation is 1. The van der Waals surface area contributed by atoms with Crippen molar-refractivity contribution in [1.29, 1.82) is 0 Å². The average molecular weight is 578 g/mol. The van der Waals surface area contributed by atoms with Crippen LogP contribution in [0.3, 0.4) is 0 Å². The predicted octanol–water partition coefficient (Wildman–Crippen LogP) is 4.78. The summed E-state index contributed by atoms with van der Waals surface area (Å²) >= 11 is 12.0. The quantitative estimate of drug-likeness (QED) is 0.409. The van der Waals surface area contributed by atoms with Gasteiger partial charge in [-0.3, -0.25) is 14.3 Å². The van der Waals surface area contributed by atoms with Crippen molar-refractivity contribution >= 4 is 46.8 Å². The first kappa shape index (κ1) is 28.3. The van der Waals surface area contributed by atoms with Crippen LogP contribution >= 0.6 is 23.2 Å².